The molecule has 1 unspecified atom stereocenters. The van der Waals surface area contributed by atoms with Crippen LogP contribution in [0.5, 0.6) is 0 Å². The van der Waals surface area contributed by atoms with Crippen LogP contribution < -0.4 is 0 Å². The van der Waals surface area contributed by atoms with Gasteiger partial charge in [-0.15, -0.1) is 0 Å². The molecule has 0 saturated carbocycles. The minimum Gasteiger partial charge on any atom is -0.299 e. The predicted molar refractivity (Wildman–Crippen MR) is 64.6 cm³/mol. The summed E-state index contributed by atoms with van der Waals surface area (Å²) in [7, 11) is -3.61. The van der Waals surface area contributed by atoms with Crippen molar-refractivity contribution in [2.24, 2.45) is 10.3 Å². The zero-order valence-electron chi connectivity index (χ0n) is 9.67. The van der Waals surface area contributed by atoms with E-state index in [0.29, 0.717) is 17.7 Å². The number of benzene rings is 1. The number of sulfonamides is 1. The number of hydrogen-bond donors (Lipinski definition) is 0. The van der Waals surface area contributed by atoms with Gasteiger partial charge >= 0.3 is 0 Å². The first-order valence-corrected chi connectivity index (χ1v) is 6.86. The number of Topliss-reactive ketones (excluding diaryl/α,β-unsaturated/α-hetero) is 1. The first kappa shape index (κ1) is 12.0. The number of nitrogens with zero attached hydrogens (tertiary/aromatic N) is 1. The molecule has 0 bridgehead atoms. The van der Waals surface area contributed by atoms with Crippen LogP contribution in [-0.2, 0) is 14.8 Å². The summed E-state index contributed by atoms with van der Waals surface area (Å²) < 4.78 is 27.4. The summed E-state index contributed by atoms with van der Waals surface area (Å²) in [5, 5.41) is 0. The van der Waals surface area contributed by atoms with Crippen LogP contribution in [0.2, 0.25) is 0 Å². The minimum absolute atomic E-state index is 0.0573. The number of ketones is 1. The van der Waals surface area contributed by atoms with Crippen molar-refractivity contribution in [2.45, 2.75) is 25.2 Å². The summed E-state index contributed by atoms with van der Waals surface area (Å²) in [6.45, 7) is 3.31. The van der Waals surface area contributed by atoms with E-state index < -0.39 is 15.9 Å². The van der Waals surface area contributed by atoms with Crippen molar-refractivity contribution >= 4 is 21.5 Å². The van der Waals surface area contributed by atoms with Crippen LogP contribution in [0.1, 0.15) is 25.8 Å². The second-order valence-electron chi connectivity index (χ2n) is 4.02. The van der Waals surface area contributed by atoms with Crippen molar-refractivity contribution in [3.05, 3.63) is 29.8 Å². The Bertz CT molecular complexity index is 602. The van der Waals surface area contributed by atoms with Gasteiger partial charge in [0.2, 0.25) is 0 Å². The van der Waals surface area contributed by atoms with Gasteiger partial charge in [0.1, 0.15) is 5.78 Å². The summed E-state index contributed by atoms with van der Waals surface area (Å²) in [4.78, 5) is 11.7. The quantitative estimate of drug-likeness (QED) is 0.822. The largest absolute Gasteiger partial charge is 0.299 e. The van der Waals surface area contributed by atoms with E-state index in [9.17, 15) is 13.2 Å². The number of carbonyl (C=O) groups is 1. The summed E-state index contributed by atoms with van der Waals surface area (Å²) in [5.74, 6) is -0.494. The molecule has 17 heavy (non-hydrogen) atoms. The molecular formula is C12H13NO3S. The van der Waals surface area contributed by atoms with Crippen LogP contribution in [0.4, 0.5) is 0 Å². The number of hydrogen-bond acceptors (Lipinski definition) is 3. The lowest BCUT2D eigenvalue weighted by Gasteiger charge is -2.10. The van der Waals surface area contributed by atoms with Gasteiger partial charge in [-0.2, -0.15) is 12.8 Å². The smallest absolute Gasteiger partial charge is 0.283 e. The van der Waals surface area contributed by atoms with E-state index in [-0.39, 0.29) is 10.7 Å². The summed E-state index contributed by atoms with van der Waals surface area (Å²) in [6, 6.07) is 6.63. The average Bonchev–Trinajstić information content (AvgIpc) is 2.53. The highest BCUT2D eigenvalue weighted by Crippen LogP contribution is 2.30. The summed E-state index contributed by atoms with van der Waals surface area (Å²) >= 11 is 0. The maximum absolute atomic E-state index is 11.8. The van der Waals surface area contributed by atoms with E-state index in [2.05, 4.69) is 4.40 Å². The van der Waals surface area contributed by atoms with E-state index in [1.54, 1.807) is 18.2 Å². The lowest BCUT2D eigenvalue weighted by atomic mass is 9.91. The molecule has 0 saturated heterocycles. The summed E-state index contributed by atoms with van der Waals surface area (Å²) in [6.07, 6.45) is 0.554. The highest BCUT2D eigenvalue weighted by Gasteiger charge is 2.33. The second kappa shape index (κ2) is 4.07. The Balaban J connectivity index is 2.62. The molecule has 2 rings (SSSR count). The van der Waals surface area contributed by atoms with Crippen molar-refractivity contribution in [2.75, 3.05) is 0 Å². The Labute approximate surface area is 100 Å². The molecule has 1 aliphatic rings. The zero-order valence-corrected chi connectivity index (χ0v) is 10.5. The Morgan fingerprint density at radius 3 is 2.59 bits per heavy atom. The Morgan fingerprint density at radius 2 is 2.00 bits per heavy atom. The molecule has 1 aliphatic heterocycles. The third kappa shape index (κ3) is 1.91. The monoisotopic (exact) mass is 251 g/mol. The molecule has 90 valence electrons. The van der Waals surface area contributed by atoms with Gasteiger partial charge in [0.25, 0.3) is 10.0 Å². The zero-order chi connectivity index (χ0) is 12.6. The van der Waals surface area contributed by atoms with Crippen molar-refractivity contribution < 1.29 is 13.2 Å². The molecule has 1 atom stereocenters. The number of carbonyl (C=O) groups excluding carboxylic acids is 1. The maximum Gasteiger partial charge on any atom is 0.283 e. The lowest BCUT2D eigenvalue weighted by molar-refractivity contribution is -0.118. The number of fused-ring (bicyclic) bond motifs is 1. The van der Waals surface area contributed by atoms with Crippen LogP contribution in [0.25, 0.3) is 0 Å². The molecule has 0 amide bonds. The third-order valence-electron chi connectivity index (χ3n) is 2.89. The van der Waals surface area contributed by atoms with Gasteiger partial charge in [-0.1, -0.05) is 25.1 Å². The molecule has 0 aliphatic carbocycles. The molecule has 0 spiro atoms. The van der Waals surface area contributed by atoms with E-state index >= 15 is 0 Å². The van der Waals surface area contributed by atoms with Gasteiger partial charge in [0.05, 0.1) is 16.5 Å². The van der Waals surface area contributed by atoms with Crippen LogP contribution in [0.15, 0.2) is 33.6 Å². The van der Waals surface area contributed by atoms with Gasteiger partial charge < -0.3 is 0 Å². The molecule has 1 aromatic rings. The van der Waals surface area contributed by atoms with Crippen molar-refractivity contribution in [3.63, 3.8) is 0 Å². The van der Waals surface area contributed by atoms with Crippen LogP contribution in [-0.4, -0.2) is 19.9 Å². The molecular weight excluding hydrogens is 238 g/mol. The SMILES string of the molecule is CCC(C(C)=O)C1=NS(=O)(=O)c2ccccc21. The van der Waals surface area contributed by atoms with Gasteiger partial charge in [-0.05, 0) is 19.4 Å². The molecule has 4 nitrogen and oxygen atoms in total. The van der Waals surface area contributed by atoms with Gasteiger partial charge in [0, 0.05) is 5.56 Å². The van der Waals surface area contributed by atoms with E-state index in [4.69, 9.17) is 0 Å². The third-order valence-corrected chi connectivity index (χ3v) is 4.24. The Hall–Kier alpha value is -1.49. The van der Waals surface area contributed by atoms with Crippen LogP contribution >= 0.6 is 0 Å². The van der Waals surface area contributed by atoms with Gasteiger partial charge in [-0.3, -0.25) is 4.79 Å². The summed E-state index contributed by atoms with van der Waals surface area (Å²) in [5.41, 5.74) is 0.949. The van der Waals surface area contributed by atoms with Crippen molar-refractivity contribution in [1.29, 1.82) is 0 Å². The van der Waals surface area contributed by atoms with E-state index in [1.807, 2.05) is 6.92 Å². The Morgan fingerprint density at radius 1 is 1.35 bits per heavy atom. The molecule has 1 aromatic carbocycles. The average molecular weight is 251 g/mol. The molecule has 0 aromatic heterocycles. The first-order chi connectivity index (χ1) is 7.97. The van der Waals surface area contributed by atoms with Crippen molar-refractivity contribution in [3.8, 4) is 0 Å². The van der Waals surface area contributed by atoms with Crippen molar-refractivity contribution in [1.82, 2.24) is 0 Å². The Kier molecular flexibility index (Phi) is 2.87. The minimum atomic E-state index is -3.61. The maximum atomic E-state index is 11.8. The number of rotatable bonds is 3. The molecule has 0 radical (unpaired) electrons. The highest BCUT2D eigenvalue weighted by molar-refractivity contribution is 7.90. The fourth-order valence-electron chi connectivity index (χ4n) is 2.06. The predicted octanol–water partition coefficient (Wildman–Crippen LogP) is 1.79. The molecule has 5 heteroatoms. The normalized spacial score (nSPS) is 18.4. The fourth-order valence-corrected chi connectivity index (χ4v) is 3.34. The molecule has 0 N–H and O–H groups in total. The van der Waals surface area contributed by atoms with Crippen LogP contribution in [0.3, 0.4) is 0 Å². The highest BCUT2D eigenvalue weighted by atomic mass is 32.2. The lowest BCUT2D eigenvalue weighted by Crippen LogP contribution is -2.21. The fraction of sp³-hybridized carbons (Fsp3) is 0.333. The molecule has 1 heterocycles. The second-order valence-corrected chi connectivity index (χ2v) is 5.59. The topological polar surface area (TPSA) is 63.6 Å². The van der Waals surface area contributed by atoms with Gasteiger partial charge in [0.15, 0.2) is 0 Å². The van der Waals surface area contributed by atoms with E-state index in [1.165, 1.54) is 13.0 Å². The standard InChI is InChI=1S/C12H13NO3S/c1-3-9(8(2)14)12-10-6-4-5-7-11(10)17(15,16)13-12/h4-7,9H,3H2,1-2H3. The van der Waals surface area contributed by atoms with Gasteiger partial charge in [-0.25, -0.2) is 0 Å². The molecule has 0 fully saturated rings. The van der Waals surface area contributed by atoms with E-state index in [0.717, 1.165) is 0 Å². The first-order valence-electron chi connectivity index (χ1n) is 5.42. The van der Waals surface area contributed by atoms with Crippen LogP contribution in [0, 0.1) is 5.92 Å².